The van der Waals surface area contributed by atoms with Crippen molar-refractivity contribution in [2.24, 2.45) is 0 Å². The third-order valence-corrected chi connectivity index (χ3v) is 5.68. The molecule has 174 valence electrons. The first kappa shape index (κ1) is 23.2. The first-order valence-electron chi connectivity index (χ1n) is 11.2. The highest BCUT2D eigenvalue weighted by molar-refractivity contribution is 6.51. The minimum absolute atomic E-state index is 0.0844. The van der Waals surface area contributed by atoms with E-state index in [2.05, 4.69) is 11.9 Å². The number of rotatable bonds is 8. The Morgan fingerprint density at radius 3 is 2.56 bits per heavy atom. The van der Waals surface area contributed by atoms with Gasteiger partial charge < -0.3 is 9.84 Å². The maximum absolute atomic E-state index is 14.0. The molecule has 1 aromatic heterocycles. The van der Waals surface area contributed by atoms with Crippen molar-refractivity contribution in [2.45, 2.75) is 32.2 Å². The monoisotopic (exact) mass is 460 g/mol. The van der Waals surface area contributed by atoms with Crippen LogP contribution in [0, 0.1) is 5.82 Å². The first-order chi connectivity index (χ1) is 16.5. The van der Waals surface area contributed by atoms with Crippen molar-refractivity contribution >= 4 is 23.1 Å². The second-order valence-electron chi connectivity index (χ2n) is 8.02. The summed E-state index contributed by atoms with van der Waals surface area (Å²) in [5.41, 5.74) is 1.01. The van der Waals surface area contributed by atoms with E-state index in [1.54, 1.807) is 48.7 Å². The summed E-state index contributed by atoms with van der Waals surface area (Å²) in [6.45, 7) is 2.72. The molecule has 1 N–H and O–H groups in total. The van der Waals surface area contributed by atoms with Crippen molar-refractivity contribution in [3.8, 4) is 5.75 Å². The van der Waals surface area contributed by atoms with Crippen molar-refractivity contribution in [1.82, 2.24) is 4.98 Å². The summed E-state index contributed by atoms with van der Waals surface area (Å²) in [6, 6.07) is 14.6. The maximum atomic E-state index is 14.0. The van der Waals surface area contributed by atoms with Crippen LogP contribution in [0.3, 0.4) is 0 Å². The number of hydrogen-bond donors (Lipinski definition) is 1. The van der Waals surface area contributed by atoms with Gasteiger partial charge in [0.15, 0.2) is 0 Å². The number of halogens is 1. The van der Waals surface area contributed by atoms with Gasteiger partial charge in [-0.15, -0.1) is 0 Å². The third-order valence-electron chi connectivity index (χ3n) is 5.68. The number of Topliss-reactive ketones (excluding diaryl/α,β-unsaturated/α-hetero) is 1. The van der Waals surface area contributed by atoms with Crippen molar-refractivity contribution in [2.75, 3.05) is 11.5 Å². The van der Waals surface area contributed by atoms with E-state index in [9.17, 15) is 19.1 Å². The molecule has 1 aliphatic heterocycles. The van der Waals surface area contributed by atoms with E-state index >= 15 is 0 Å². The summed E-state index contributed by atoms with van der Waals surface area (Å²) in [4.78, 5) is 31.4. The zero-order valence-corrected chi connectivity index (χ0v) is 18.8. The highest BCUT2D eigenvalue weighted by Gasteiger charge is 2.47. The van der Waals surface area contributed by atoms with E-state index in [1.807, 2.05) is 0 Å². The van der Waals surface area contributed by atoms with Gasteiger partial charge in [-0.05, 0) is 60.5 Å². The fraction of sp³-hybridized carbons (Fsp3) is 0.222. The Morgan fingerprint density at radius 1 is 1.09 bits per heavy atom. The zero-order valence-electron chi connectivity index (χ0n) is 18.8. The van der Waals surface area contributed by atoms with Crippen LogP contribution in [0.4, 0.5) is 10.1 Å². The molecule has 6 nitrogen and oxygen atoms in total. The number of amides is 1. The Hall–Kier alpha value is -4.00. The average Bonchev–Trinajstić information content (AvgIpc) is 3.13. The lowest BCUT2D eigenvalue weighted by Gasteiger charge is -2.25. The Kier molecular flexibility index (Phi) is 7.01. The van der Waals surface area contributed by atoms with E-state index in [0.29, 0.717) is 23.5 Å². The zero-order chi connectivity index (χ0) is 24.1. The largest absolute Gasteiger partial charge is 0.507 e. The Labute approximate surface area is 197 Å². The topological polar surface area (TPSA) is 79.7 Å². The fourth-order valence-corrected chi connectivity index (χ4v) is 3.98. The molecular formula is C27H25FN2O4. The van der Waals surface area contributed by atoms with Gasteiger partial charge in [0.2, 0.25) is 0 Å². The molecule has 1 amide bonds. The van der Waals surface area contributed by atoms with Crippen LogP contribution in [-0.4, -0.2) is 28.4 Å². The molecule has 3 aromatic rings. The molecule has 1 saturated heterocycles. The lowest BCUT2D eigenvalue weighted by Crippen LogP contribution is -2.29. The number of aromatic nitrogens is 1. The quantitative estimate of drug-likeness (QED) is 0.210. The second kappa shape index (κ2) is 10.3. The van der Waals surface area contributed by atoms with Gasteiger partial charge in [-0.2, -0.15) is 0 Å². The minimum atomic E-state index is -0.958. The molecule has 1 fully saturated rings. The van der Waals surface area contributed by atoms with Gasteiger partial charge >= 0.3 is 0 Å². The Morgan fingerprint density at radius 2 is 1.88 bits per heavy atom. The SMILES string of the molecule is CCCCCOc1ccc(/C(O)=C2\C(=O)C(=O)N(c3cccc(F)c3)C2c2cccnc2)cc1. The van der Waals surface area contributed by atoms with Gasteiger partial charge in [0.05, 0.1) is 18.2 Å². The highest BCUT2D eigenvalue weighted by atomic mass is 19.1. The van der Waals surface area contributed by atoms with Crippen LogP contribution < -0.4 is 9.64 Å². The molecule has 1 aliphatic rings. The Balaban J connectivity index is 1.74. The van der Waals surface area contributed by atoms with Crippen LogP contribution in [0.25, 0.3) is 5.76 Å². The number of benzene rings is 2. The molecule has 0 bridgehead atoms. The van der Waals surface area contributed by atoms with Crippen molar-refractivity contribution in [1.29, 1.82) is 0 Å². The minimum Gasteiger partial charge on any atom is -0.507 e. The average molecular weight is 461 g/mol. The normalized spacial score (nSPS) is 17.2. The van der Waals surface area contributed by atoms with E-state index in [1.165, 1.54) is 29.3 Å². The number of pyridine rings is 1. The number of aliphatic hydroxyl groups is 1. The molecule has 1 unspecified atom stereocenters. The van der Waals surface area contributed by atoms with Gasteiger partial charge in [0, 0.05) is 23.6 Å². The summed E-state index contributed by atoms with van der Waals surface area (Å²) < 4.78 is 19.7. The number of carbonyl (C=O) groups excluding carboxylic acids is 2. The third kappa shape index (κ3) is 4.69. The van der Waals surface area contributed by atoms with E-state index in [0.717, 1.165) is 19.3 Å². The van der Waals surface area contributed by atoms with Crippen LogP contribution in [0.15, 0.2) is 78.6 Å². The molecule has 2 aromatic carbocycles. The second-order valence-corrected chi connectivity index (χ2v) is 8.02. The molecule has 1 atom stereocenters. The van der Waals surface area contributed by atoms with E-state index in [4.69, 9.17) is 4.74 Å². The molecule has 2 heterocycles. The number of nitrogens with zero attached hydrogens (tertiary/aromatic N) is 2. The predicted molar refractivity (Wildman–Crippen MR) is 127 cm³/mol. The molecule has 0 radical (unpaired) electrons. The number of anilines is 1. The van der Waals surface area contributed by atoms with Crippen molar-refractivity contribution in [3.63, 3.8) is 0 Å². The van der Waals surface area contributed by atoms with Crippen molar-refractivity contribution < 1.29 is 23.8 Å². The highest BCUT2D eigenvalue weighted by Crippen LogP contribution is 2.42. The van der Waals surface area contributed by atoms with Gasteiger partial charge in [0.25, 0.3) is 11.7 Å². The Bertz CT molecular complexity index is 1210. The summed E-state index contributed by atoms with van der Waals surface area (Å²) in [7, 11) is 0. The molecule has 34 heavy (non-hydrogen) atoms. The standard InChI is InChI=1S/C27H25FN2O4/c1-2-3-4-15-34-22-12-10-18(11-13-22)25(31)23-24(19-7-6-14-29-17-19)30(27(33)26(23)32)21-9-5-8-20(28)16-21/h5-14,16-17,24,31H,2-4,15H2,1H3/b25-23+. The first-order valence-corrected chi connectivity index (χ1v) is 11.2. The van der Waals surface area contributed by atoms with Gasteiger partial charge in [-0.1, -0.05) is 31.9 Å². The van der Waals surface area contributed by atoms with Crippen molar-refractivity contribution in [3.05, 3.63) is 95.6 Å². The maximum Gasteiger partial charge on any atom is 0.300 e. The lowest BCUT2D eigenvalue weighted by atomic mass is 9.96. The molecule has 7 heteroatoms. The van der Waals surface area contributed by atoms with E-state index < -0.39 is 23.5 Å². The van der Waals surface area contributed by atoms with Crippen LogP contribution in [0.1, 0.15) is 43.4 Å². The van der Waals surface area contributed by atoms with Crippen LogP contribution in [-0.2, 0) is 9.59 Å². The van der Waals surface area contributed by atoms with Gasteiger partial charge in [-0.3, -0.25) is 19.5 Å². The number of aliphatic hydroxyl groups excluding tert-OH is 1. The summed E-state index contributed by atoms with van der Waals surface area (Å²) in [5, 5.41) is 11.1. The van der Waals surface area contributed by atoms with Crippen LogP contribution in [0.2, 0.25) is 0 Å². The van der Waals surface area contributed by atoms with Crippen LogP contribution >= 0.6 is 0 Å². The predicted octanol–water partition coefficient (Wildman–Crippen LogP) is 5.42. The molecule has 0 aliphatic carbocycles. The summed E-state index contributed by atoms with van der Waals surface area (Å²) in [5.74, 6) is -1.91. The fourth-order valence-electron chi connectivity index (χ4n) is 3.98. The number of ketones is 1. The number of unbranched alkanes of at least 4 members (excludes halogenated alkanes) is 2. The lowest BCUT2D eigenvalue weighted by molar-refractivity contribution is -0.132. The van der Waals surface area contributed by atoms with Crippen LogP contribution in [0.5, 0.6) is 5.75 Å². The van der Waals surface area contributed by atoms with Gasteiger partial charge in [-0.25, -0.2) is 4.39 Å². The smallest absolute Gasteiger partial charge is 0.300 e. The molecule has 4 rings (SSSR count). The van der Waals surface area contributed by atoms with Gasteiger partial charge in [0.1, 0.15) is 17.3 Å². The van der Waals surface area contributed by atoms with E-state index in [-0.39, 0.29) is 17.0 Å². The molecular weight excluding hydrogens is 435 g/mol. The summed E-state index contributed by atoms with van der Waals surface area (Å²) in [6.07, 6.45) is 6.22. The number of ether oxygens (including phenoxy) is 1. The molecule has 0 saturated carbocycles. The number of hydrogen-bond acceptors (Lipinski definition) is 5. The molecule has 0 spiro atoms. The number of carbonyl (C=O) groups is 2. The summed E-state index contributed by atoms with van der Waals surface area (Å²) >= 11 is 0.